The summed E-state index contributed by atoms with van der Waals surface area (Å²) in [6.45, 7) is 4.04. The van der Waals surface area contributed by atoms with Crippen LogP contribution in [0.25, 0.3) is 0 Å². The number of para-hydroxylation sites is 1. The van der Waals surface area contributed by atoms with Crippen molar-refractivity contribution in [3.05, 3.63) is 47.3 Å². The Kier molecular flexibility index (Phi) is 3.49. The molecule has 1 aromatic carbocycles. The Labute approximate surface area is 120 Å². The number of aryl methyl sites for hydroxylation is 2. The van der Waals surface area contributed by atoms with E-state index in [0.717, 1.165) is 31.6 Å². The molecule has 2 aromatic rings. The summed E-state index contributed by atoms with van der Waals surface area (Å²) in [5.41, 5.74) is 11.2. The fourth-order valence-electron chi connectivity index (χ4n) is 2.91. The lowest BCUT2D eigenvalue weighted by Crippen LogP contribution is -2.33. The minimum Gasteiger partial charge on any atom is -0.365 e. The number of benzene rings is 1. The van der Waals surface area contributed by atoms with Gasteiger partial charge >= 0.3 is 0 Å². The lowest BCUT2D eigenvalue weighted by atomic mass is 9.97. The highest BCUT2D eigenvalue weighted by Gasteiger charge is 2.22. The van der Waals surface area contributed by atoms with E-state index in [0.29, 0.717) is 0 Å². The second-order valence-electron chi connectivity index (χ2n) is 5.48. The number of hydrogen-bond donors (Lipinski definition) is 1. The van der Waals surface area contributed by atoms with Crippen LogP contribution in [0.15, 0.2) is 30.3 Å². The molecule has 0 spiro atoms. The molecule has 20 heavy (non-hydrogen) atoms. The maximum absolute atomic E-state index is 6.21. The highest BCUT2D eigenvalue weighted by molar-refractivity contribution is 5.57. The fraction of sp³-hybridized carbons (Fsp3) is 0.438. The average molecular weight is 270 g/mol. The SMILES string of the molecule is CCc1cc(CN2CCC(N)c3ccccc32)n(C)n1. The zero-order chi connectivity index (χ0) is 14.1. The molecule has 1 aliphatic heterocycles. The maximum Gasteiger partial charge on any atom is 0.0625 e. The second-order valence-corrected chi connectivity index (χ2v) is 5.48. The van der Waals surface area contributed by atoms with Crippen LogP contribution in [0.5, 0.6) is 0 Å². The molecule has 1 aromatic heterocycles. The van der Waals surface area contributed by atoms with Gasteiger partial charge in [-0.25, -0.2) is 0 Å². The molecule has 106 valence electrons. The third-order valence-electron chi connectivity index (χ3n) is 4.13. The molecular formula is C16H22N4. The van der Waals surface area contributed by atoms with Crippen LogP contribution in [-0.2, 0) is 20.0 Å². The van der Waals surface area contributed by atoms with Crippen molar-refractivity contribution >= 4 is 5.69 Å². The van der Waals surface area contributed by atoms with Gasteiger partial charge < -0.3 is 10.6 Å². The van der Waals surface area contributed by atoms with Crippen molar-refractivity contribution in [2.45, 2.75) is 32.4 Å². The number of nitrogens with two attached hydrogens (primary N) is 1. The molecule has 4 heteroatoms. The van der Waals surface area contributed by atoms with Crippen molar-refractivity contribution in [3.8, 4) is 0 Å². The van der Waals surface area contributed by atoms with Gasteiger partial charge in [0.05, 0.1) is 17.9 Å². The zero-order valence-corrected chi connectivity index (χ0v) is 12.2. The first-order valence-electron chi connectivity index (χ1n) is 7.30. The molecule has 0 saturated heterocycles. The van der Waals surface area contributed by atoms with Crippen molar-refractivity contribution in [1.82, 2.24) is 9.78 Å². The minimum absolute atomic E-state index is 0.167. The summed E-state index contributed by atoms with van der Waals surface area (Å²) in [6, 6.07) is 10.8. The molecule has 1 unspecified atom stereocenters. The van der Waals surface area contributed by atoms with Crippen LogP contribution in [-0.4, -0.2) is 16.3 Å². The van der Waals surface area contributed by atoms with Gasteiger partial charge in [-0.05, 0) is 30.5 Å². The summed E-state index contributed by atoms with van der Waals surface area (Å²) < 4.78 is 2.00. The van der Waals surface area contributed by atoms with Gasteiger partial charge in [-0.3, -0.25) is 4.68 Å². The van der Waals surface area contributed by atoms with Crippen LogP contribution in [0.1, 0.15) is 36.3 Å². The first-order chi connectivity index (χ1) is 9.69. The van der Waals surface area contributed by atoms with Gasteiger partial charge in [-0.2, -0.15) is 5.10 Å². The summed E-state index contributed by atoms with van der Waals surface area (Å²) in [5.74, 6) is 0. The predicted molar refractivity (Wildman–Crippen MR) is 81.6 cm³/mol. The van der Waals surface area contributed by atoms with Gasteiger partial charge in [0.25, 0.3) is 0 Å². The van der Waals surface area contributed by atoms with Crippen LogP contribution in [0.3, 0.4) is 0 Å². The van der Waals surface area contributed by atoms with Crippen molar-refractivity contribution in [2.75, 3.05) is 11.4 Å². The van der Waals surface area contributed by atoms with Gasteiger partial charge in [0.2, 0.25) is 0 Å². The van der Waals surface area contributed by atoms with Crippen LogP contribution >= 0.6 is 0 Å². The van der Waals surface area contributed by atoms with Crippen molar-refractivity contribution in [2.24, 2.45) is 12.8 Å². The number of rotatable bonds is 3. The second kappa shape index (κ2) is 5.29. The fourth-order valence-corrected chi connectivity index (χ4v) is 2.91. The van der Waals surface area contributed by atoms with E-state index in [1.165, 1.54) is 16.9 Å². The lowest BCUT2D eigenvalue weighted by molar-refractivity contribution is 0.577. The summed E-state index contributed by atoms with van der Waals surface area (Å²) >= 11 is 0. The first kappa shape index (κ1) is 13.2. The van der Waals surface area contributed by atoms with E-state index in [2.05, 4.69) is 47.3 Å². The quantitative estimate of drug-likeness (QED) is 0.931. The molecule has 1 atom stereocenters. The highest BCUT2D eigenvalue weighted by Crippen LogP contribution is 2.32. The van der Waals surface area contributed by atoms with Crippen molar-refractivity contribution in [3.63, 3.8) is 0 Å². The Hall–Kier alpha value is -1.81. The molecule has 1 aliphatic rings. The summed E-state index contributed by atoms with van der Waals surface area (Å²) in [6.07, 6.45) is 1.99. The average Bonchev–Trinajstić information content (AvgIpc) is 2.83. The van der Waals surface area contributed by atoms with Crippen LogP contribution < -0.4 is 10.6 Å². The normalized spacial score (nSPS) is 18.1. The Bertz CT molecular complexity index is 602. The smallest absolute Gasteiger partial charge is 0.0625 e. The number of anilines is 1. The summed E-state index contributed by atoms with van der Waals surface area (Å²) in [5, 5.41) is 4.53. The topological polar surface area (TPSA) is 47.1 Å². The molecule has 0 fully saturated rings. The summed E-state index contributed by atoms with van der Waals surface area (Å²) in [7, 11) is 2.02. The molecular weight excluding hydrogens is 248 g/mol. The first-order valence-corrected chi connectivity index (χ1v) is 7.30. The van der Waals surface area contributed by atoms with E-state index in [4.69, 9.17) is 5.73 Å². The Morgan fingerprint density at radius 2 is 2.15 bits per heavy atom. The van der Waals surface area contributed by atoms with Gasteiger partial charge in [0.1, 0.15) is 0 Å². The highest BCUT2D eigenvalue weighted by atomic mass is 15.3. The van der Waals surface area contributed by atoms with E-state index >= 15 is 0 Å². The molecule has 2 heterocycles. The van der Waals surface area contributed by atoms with Gasteiger partial charge in [0.15, 0.2) is 0 Å². The van der Waals surface area contributed by atoms with E-state index in [-0.39, 0.29) is 6.04 Å². The van der Waals surface area contributed by atoms with E-state index < -0.39 is 0 Å². The molecule has 0 aliphatic carbocycles. The minimum atomic E-state index is 0.167. The molecule has 0 bridgehead atoms. The molecule has 3 rings (SSSR count). The third-order valence-corrected chi connectivity index (χ3v) is 4.13. The Morgan fingerprint density at radius 1 is 1.35 bits per heavy atom. The third kappa shape index (κ3) is 2.31. The van der Waals surface area contributed by atoms with Crippen LogP contribution in [0.2, 0.25) is 0 Å². The zero-order valence-electron chi connectivity index (χ0n) is 12.2. The van der Waals surface area contributed by atoms with Crippen LogP contribution in [0.4, 0.5) is 5.69 Å². The van der Waals surface area contributed by atoms with Crippen molar-refractivity contribution in [1.29, 1.82) is 0 Å². The molecule has 0 radical (unpaired) electrons. The molecule has 4 nitrogen and oxygen atoms in total. The van der Waals surface area contributed by atoms with Crippen molar-refractivity contribution < 1.29 is 0 Å². The number of hydrogen-bond acceptors (Lipinski definition) is 3. The standard InChI is InChI=1S/C16H22N4/c1-3-12-10-13(19(2)18-12)11-20-9-8-15(17)14-6-4-5-7-16(14)20/h4-7,10,15H,3,8-9,11,17H2,1-2H3. The number of aromatic nitrogens is 2. The van der Waals surface area contributed by atoms with Gasteiger partial charge in [0, 0.05) is 25.3 Å². The lowest BCUT2D eigenvalue weighted by Gasteiger charge is -2.34. The van der Waals surface area contributed by atoms with Gasteiger partial charge in [-0.1, -0.05) is 25.1 Å². The Morgan fingerprint density at radius 3 is 2.90 bits per heavy atom. The number of fused-ring (bicyclic) bond motifs is 1. The predicted octanol–water partition coefficient (Wildman–Crippen LogP) is 2.39. The largest absolute Gasteiger partial charge is 0.365 e. The van der Waals surface area contributed by atoms with Gasteiger partial charge in [-0.15, -0.1) is 0 Å². The number of nitrogens with zero attached hydrogens (tertiary/aromatic N) is 3. The Balaban J connectivity index is 1.88. The molecule has 2 N–H and O–H groups in total. The summed E-state index contributed by atoms with van der Waals surface area (Å²) in [4.78, 5) is 2.41. The van der Waals surface area contributed by atoms with E-state index in [1.54, 1.807) is 0 Å². The maximum atomic E-state index is 6.21. The molecule has 0 amide bonds. The van der Waals surface area contributed by atoms with Crippen LogP contribution in [0, 0.1) is 0 Å². The monoisotopic (exact) mass is 270 g/mol. The molecule has 0 saturated carbocycles. The van der Waals surface area contributed by atoms with E-state index in [9.17, 15) is 0 Å². The van der Waals surface area contributed by atoms with E-state index in [1.807, 2.05) is 11.7 Å².